The van der Waals surface area contributed by atoms with Crippen LogP contribution >= 0.6 is 7.82 Å². The van der Waals surface area contributed by atoms with E-state index in [0.29, 0.717) is 17.4 Å². The minimum Gasteiger partial charge on any atom is -0.387 e. The zero-order valence-corrected chi connectivity index (χ0v) is 45.0. The van der Waals surface area contributed by atoms with Crippen molar-refractivity contribution < 1.29 is 32.9 Å². The van der Waals surface area contributed by atoms with Gasteiger partial charge in [-0.15, -0.1) is 0 Å². The smallest absolute Gasteiger partial charge is 0.387 e. The third-order valence-electron chi connectivity index (χ3n) is 11.9. The lowest BCUT2D eigenvalue weighted by atomic mass is 10.0. The number of hydrogen-bond donors (Lipinski definition) is 3. The summed E-state index contributed by atoms with van der Waals surface area (Å²) in [6.07, 6.45) is 68.1. The number of rotatable bonds is 49. The molecule has 0 aliphatic rings. The van der Waals surface area contributed by atoms with Crippen LogP contribution < -0.4 is 5.32 Å². The van der Waals surface area contributed by atoms with Gasteiger partial charge in [-0.05, 0) is 70.6 Å². The maximum absolute atomic E-state index is 13.0. The van der Waals surface area contributed by atoms with E-state index in [1.54, 1.807) is 6.08 Å². The average molecular weight is 958 g/mol. The Morgan fingerprint density at radius 2 is 0.896 bits per heavy atom. The molecular weight excluding hydrogens is 852 g/mol. The molecule has 0 radical (unpaired) electrons. The molecule has 0 spiro atoms. The van der Waals surface area contributed by atoms with Gasteiger partial charge in [-0.25, -0.2) is 4.57 Å². The Bertz CT molecular complexity index is 1360. The largest absolute Gasteiger partial charge is 0.472 e. The van der Waals surface area contributed by atoms with Gasteiger partial charge >= 0.3 is 7.82 Å². The van der Waals surface area contributed by atoms with E-state index < -0.39 is 20.0 Å². The molecule has 3 unspecified atom stereocenters. The molecule has 0 rings (SSSR count). The summed E-state index contributed by atoms with van der Waals surface area (Å²) in [5, 5.41) is 13.9. The Labute approximate surface area is 414 Å². The van der Waals surface area contributed by atoms with Crippen LogP contribution in [0.2, 0.25) is 0 Å². The summed E-state index contributed by atoms with van der Waals surface area (Å²) < 4.78 is 23.7. The first-order valence-electron chi connectivity index (χ1n) is 27.5. The fraction of sp³-hybridized carbons (Fsp3) is 0.741. The highest BCUT2D eigenvalue weighted by atomic mass is 31.2. The fourth-order valence-corrected chi connectivity index (χ4v) is 8.31. The van der Waals surface area contributed by atoms with E-state index >= 15 is 0 Å². The number of amides is 1. The van der Waals surface area contributed by atoms with Gasteiger partial charge in [-0.3, -0.25) is 13.8 Å². The van der Waals surface area contributed by atoms with Crippen molar-refractivity contribution in [2.45, 2.75) is 238 Å². The van der Waals surface area contributed by atoms with E-state index in [-0.39, 0.29) is 19.1 Å². The monoisotopic (exact) mass is 958 g/mol. The quantitative estimate of drug-likeness (QED) is 0.0243. The van der Waals surface area contributed by atoms with E-state index in [1.165, 1.54) is 122 Å². The molecule has 0 aromatic rings. The molecular formula is C58H106N2O6P+. The lowest BCUT2D eigenvalue weighted by Gasteiger charge is -2.25. The molecule has 0 aliphatic carbocycles. The standard InChI is InChI=1S/C58H105N2O6P/c1-6-8-10-12-14-16-18-20-22-24-25-26-27-28-29-30-31-32-33-34-35-36-38-40-42-44-46-48-50-52-58(62)59-56(55-66-67(63,64)65-54-53-60(3,4)5)57(61)51-49-47-45-43-41-39-37-23-21-19-17-15-13-11-9-7-2/h8,10,14,16,20,22,25-26,28-29,31-32,49,51,56-57,61H,6-7,9,11-13,15,17-19,21,23-24,27,30,33-48,50,52-55H2,1-5H3,(H-,59,62,63,64)/p+1/b10-8-,16-14-,22-20-,26-25-,29-28-,32-31-,51-49+. The second-order valence-corrected chi connectivity index (χ2v) is 21.0. The molecule has 0 fully saturated rings. The molecule has 0 aromatic heterocycles. The van der Waals surface area contributed by atoms with E-state index in [4.69, 9.17) is 9.05 Å². The number of nitrogens with zero attached hydrogens (tertiary/aromatic N) is 1. The van der Waals surface area contributed by atoms with Gasteiger partial charge < -0.3 is 19.8 Å². The van der Waals surface area contributed by atoms with Crippen LogP contribution in [0.5, 0.6) is 0 Å². The van der Waals surface area contributed by atoms with Crippen molar-refractivity contribution >= 4 is 13.7 Å². The van der Waals surface area contributed by atoms with Crippen molar-refractivity contribution in [1.82, 2.24) is 5.32 Å². The Balaban J connectivity index is 4.23. The number of nitrogens with one attached hydrogen (secondary N) is 1. The highest BCUT2D eigenvalue weighted by Crippen LogP contribution is 2.43. The first-order chi connectivity index (χ1) is 32.5. The molecule has 0 bridgehead atoms. The summed E-state index contributed by atoms with van der Waals surface area (Å²) >= 11 is 0. The maximum atomic E-state index is 13.0. The van der Waals surface area contributed by atoms with Crippen molar-refractivity contribution in [3.05, 3.63) is 85.1 Å². The predicted octanol–water partition coefficient (Wildman–Crippen LogP) is 16.5. The lowest BCUT2D eigenvalue weighted by Crippen LogP contribution is -2.45. The summed E-state index contributed by atoms with van der Waals surface area (Å²) in [4.78, 5) is 23.3. The minimum atomic E-state index is -4.35. The molecule has 8 nitrogen and oxygen atoms in total. The molecule has 0 aromatic carbocycles. The highest BCUT2D eigenvalue weighted by Gasteiger charge is 2.27. The normalized spacial score (nSPS) is 14.7. The van der Waals surface area contributed by atoms with Crippen LogP contribution in [0.15, 0.2) is 85.1 Å². The van der Waals surface area contributed by atoms with Crippen molar-refractivity contribution in [2.75, 3.05) is 40.9 Å². The molecule has 0 saturated heterocycles. The Hall–Kier alpha value is -2.32. The van der Waals surface area contributed by atoms with Gasteiger partial charge in [0.05, 0.1) is 39.9 Å². The van der Waals surface area contributed by atoms with Crippen LogP contribution in [0, 0.1) is 0 Å². The average Bonchev–Trinajstić information content (AvgIpc) is 3.29. The van der Waals surface area contributed by atoms with E-state index in [9.17, 15) is 19.4 Å². The molecule has 1 amide bonds. The number of phosphoric acid groups is 1. The Kier molecular flexibility index (Phi) is 47.0. The van der Waals surface area contributed by atoms with Crippen LogP contribution in [-0.2, 0) is 18.4 Å². The topological polar surface area (TPSA) is 105 Å². The van der Waals surface area contributed by atoms with Crippen molar-refractivity contribution in [2.24, 2.45) is 0 Å². The van der Waals surface area contributed by atoms with Crippen LogP contribution in [-0.4, -0.2) is 73.4 Å². The minimum absolute atomic E-state index is 0.0572. The number of carbonyl (C=O) groups is 1. The molecule has 0 heterocycles. The first-order valence-corrected chi connectivity index (χ1v) is 29.0. The second-order valence-electron chi connectivity index (χ2n) is 19.6. The van der Waals surface area contributed by atoms with Crippen LogP contribution in [0.4, 0.5) is 0 Å². The zero-order valence-electron chi connectivity index (χ0n) is 44.1. The second kappa shape index (κ2) is 48.7. The van der Waals surface area contributed by atoms with Gasteiger partial charge in [0, 0.05) is 6.42 Å². The summed E-state index contributed by atoms with van der Waals surface area (Å²) in [6, 6.07) is -0.854. The summed E-state index contributed by atoms with van der Waals surface area (Å²) in [5.74, 6) is -0.184. The summed E-state index contributed by atoms with van der Waals surface area (Å²) in [6.45, 7) is 4.70. The lowest BCUT2D eigenvalue weighted by molar-refractivity contribution is -0.870. The number of quaternary nitrogens is 1. The molecule has 0 saturated carbocycles. The van der Waals surface area contributed by atoms with Crippen molar-refractivity contribution in [3.63, 3.8) is 0 Å². The number of hydrogen-bond acceptors (Lipinski definition) is 5. The number of carbonyl (C=O) groups excluding carboxylic acids is 1. The van der Waals surface area contributed by atoms with Crippen LogP contribution in [0.25, 0.3) is 0 Å². The van der Waals surface area contributed by atoms with Gasteiger partial charge in [0.25, 0.3) is 0 Å². The molecule has 9 heteroatoms. The fourth-order valence-electron chi connectivity index (χ4n) is 7.57. The highest BCUT2D eigenvalue weighted by molar-refractivity contribution is 7.47. The van der Waals surface area contributed by atoms with E-state index in [0.717, 1.165) is 83.5 Å². The van der Waals surface area contributed by atoms with Gasteiger partial charge in [0.15, 0.2) is 0 Å². The number of unbranched alkanes of at least 4 members (excludes halogenated alkanes) is 24. The summed E-state index contributed by atoms with van der Waals surface area (Å²) in [5.41, 5.74) is 0. The van der Waals surface area contributed by atoms with Gasteiger partial charge in [0.1, 0.15) is 13.2 Å². The van der Waals surface area contributed by atoms with Gasteiger partial charge in [-0.2, -0.15) is 0 Å². The zero-order chi connectivity index (χ0) is 49.2. The predicted molar refractivity (Wildman–Crippen MR) is 290 cm³/mol. The van der Waals surface area contributed by atoms with Gasteiger partial charge in [-0.1, -0.05) is 234 Å². The maximum Gasteiger partial charge on any atom is 0.472 e. The Morgan fingerprint density at radius 1 is 0.522 bits per heavy atom. The number of aliphatic hydroxyl groups is 1. The summed E-state index contributed by atoms with van der Waals surface area (Å²) in [7, 11) is 1.56. The number of aliphatic hydroxyl groups excluding tert-OH is 1. The molecule has 67 heavy (non-hydrogen) atoms. The number of phosphoric ester groups is 1. The van der Waals surface area contributed by atoms with Crippen molar-refractivity contribution in [1.29, 1.82) is 0 Å². The van der Waals surface area contributed by atoms with Crippen molar-refractivity contribution in [3.8, 4) is 0 Å². The molecule has 388 valence electrons. The number of allylic oxidation sites excluding steroid dienone is 13. The van der Waals surface area contributed by atoms with E-state index in [1.807, 2.05) is 27.2 Å². The van der Waals surface area contributed by atoms with E-state index in [2.05, 4.69) is 92.1 Å². The Morgan fingerprint density at radius 3 is 1.31 bits per heavy atom. The SMILES string of the molecule is CC/C=C\C/C=C\C/C=C\C/C=C\C/C=C\C/C=C\CCCCCCCCCCCCC(=O)NC(COP(=O)(O)OCC[N+](C)(C)C)C(O)/C=C/CCCCCCCCCCCCCCCC. The van der Waals surface area contributed by atoms with Crippen LogP contribution in [0.1, 0.15) is 226 Å². The van der Waals surface area contributed by atoms with Crippen LogP contribution in [0.3, 0.4) is 0 Å². The van der Waals surface area contributed by atoms with Gasteiger partial charge in [0.2, 0.25) is 5.91 Å². The third kappa shape index (κ3) is 51.4. The molecule has 3 atom stereocenters. The number of likely N-dealkylation sites (N-methyl/N-ethyl adjacent to an activating group) is 1. The molecule has 0 aliphatic heterocycles. The molecule has 3 N–H and O–H groups in total. The first kappa shape index (κ1) is 64.7. The third-order valence-corrected chi connectivity index (χ3v) is 12.9.